The second-order valence-electron chi connectivity index (χ2n) is 5.72. The number of aromatic nitrogens is 1. The Kier molecular flexibility index (Phi) is 3.45. The van der Waals surface area contributed by atoms with Crippen molar-refractivity contribution >= 4 is 17.7 Å². The maximum atomic E-state index is 12.2. The molecule has 0 bridgehead atoms. The number of hydrogen-bond acceptors (Lipinski definition) is 4. The summed E-state index contributed by atoms with van der Waals surface area (Å²) in [6, 6.07) is 5.62. The van der Waals surface area contributed by atoms with Crippen molar-refractivity contribution in [3.8, 4) is 0 Å². The van der Waals surface area contributed by atoms with Gasteiger partial charge in [-0.05, 0) is 25.0 Å². The molecule has 6 nitrogen and oxygen atoms in total. The third-order valence-corrected chi connectivity index (χ3v) is 4.26. The Morgan fingerprint density at radius 2 is 2.24 bits per heavy atom. The van der Waals surface area contributed by atoms with Gasteiger partial charge in [0, 0.05) is 37.8 Å². The van der Waals surface area contributed by atoms with E-state index in [0.717, 1.165) is 5.69 Å². The molecule has 3 rings (SSSR count). The van der Waals surface area contributed by atoms with Crippen LogP contribution in [0.5, 0.6) is 0 Å². The molecule has 0 radical (unpaired) electrons. The van der Waals surface area contributed by atoms with Gasteiger partial charge in [0.25, 0.3) is 0 Å². The van der Waals surface area contributed by atoms with E-state index >= 15 is 0 Å². The summed E-state index contributed by atoms with van der Waals surface area (Å²) in [4.78, 5) is 41.3. The molecule has 1 aromatic rings. The van der Waals surface area contributed by atoms with Gasteiger partial charge in [-0.2, -0.15) is 0 Å². The van der Waals surface area contributed by atoms with Gasteiger partial charge in [-0.1, -0.05) is 6.07 Å². The molecule has 3 amide bonds. The van der Waals surface area contributed by atoms with Crippen LogP contribution in [0.15, 0.2) is 24.4 Å². The lowest BCUT2D eigenvalue weighted by molar-refractivity contribution is -0.131. The fraction of sp³-hybridized carbons (Fsp3) is 0.467. The summed E-state index contributed by atoms with van der Waals surface area (Å²) in [5, 5.41) is 2.34. The number of carbonyl (C=O) groups is 3. The van der Waals surface area contributed by atoms with Crippen LogP contribution in [-0.4, -0.2) is 40.7 Å². The van der Waals surface area contributed by atoms with Gasteiger partial charge in [0.2, 0.25) is 17.7 Å². The van der Waals surface area contributed by atoms with Gasteiger partial charge in [0.15, 0.2) is 0 Å². The number of aryl methyl sites for hydroxylation is 1. The van der Waals surface area contributed by atoms with Crippen LogP contribution in [0.1, 0.15) is 25.0 Å². The molecule has 2 aliphatic rings. The van der Waals surface area contributed by atoms with Crippen LogP contribution in [0.25, 0.3) is 0 Å². The molecule has 1 spiro atoms. The minimum atomic E-state index is -0.683. The number of hydrogen-bond donors (Lipinski definition) is 1. The zero-order valence-corrected chi connectivity index (χ0v) is 11.7. The van der Waals surface area contributed by atoms with E-state index in [9.17, 15) is 14.4 Å². The van der Waals surface area contributed by atoms with E-state index in [0.29, 0.717) is 32.4 Å². The highest BCUT2D eigenvalue weighted by atomic mass is 16.2. The fourth-order valence-corrected chi connectivity index (χ4v) is 3.05. The highest BCUT2D eigenvalue weighted by Crippen LogP contribution is 2.37. The molecule has 0 aromatic carbocycles. The summed E-state index contributed by atoms with van der Waals surface area (Å²) < 4.78 is 0. The normalized spacial score (nSPS) is 24.7. The SMILES string of the molecule is O=C1CC2(CCN(C(=O)CCc3ccccn3)C2)C(=O)N1. The number of imide groups is 1. The van der Waals surface area contributed by atoms with Crippen LogP contribution in [0.4, 0.5) is 0 Å². The average molecular weight is 287 g/mol. The van der Waals surface area contributed by atoms with Gasteiger partial charge in [0.05, 0.1) is 5.41 Å². The molecule has 0 aliphatic carbocycles. The first-order chi connectivity index (χ1) is 10.1. The van der Waals surface area contributed by atoms with Crippen LogP contribution in [0, 0.1) is 5.41 Å². The topological polar surface area (TPSA) is 79.4 Å². The van der Waals surface area contributed by atoms with Crippen molar-refractivity contribution in [2.75, 3.05) is 13.1 Å². The Morgan fingerprint density at radius 1 is 1.38 bits per heavy atom. The number of carbonyl (C=O) groups excluding carboxylic acids is 3. The number of nitrogens with zero attached hydrogens (tertiary/aromatic N) is 2. The zero-order valence-electron chi connectivity index (χ0n) is 11.7. The summed E-state index contributed by atoms with van der Waals surface area (Å²) in [7, 11) is 0. The van der Waals surface area contributed by atoms with E-state index in [-0.39, 0.29) is 24.1 Å². The highest BCUT2D eigenvalue weighted by molar-refractivity contribution is 6.06. The Morgan fingerprint density at radius 3 is 2.90 bits per heavy atom. The number of pyridine rings is 1. The van der Waals surface area contributed by atoms with Crippen LogP contribution in [0.3, 0.4) is 0 Å². The van der Waals surface area contributed by atoms with Crippen molar-refractivity contribution in [2.45, 2.75) is 25.7 Å². The standard InChI is InChI=1S/C15H17N3O3/c19-12-9-15(14(21)17-12)6-8-18(10-15)13(20)5-4-11-3-1-2-7-16-11/h1-3,7H,4-6,8-10H2,(H,17,19,21). The molecule has 6 heteroatoms. The van der Waals surface area contributed by atoms with E-state index in [1.807, 2.05) is 18.2 Å². The lowest BCUT2D eigenvalue weighted by Crippen LogP contribution is -2.36. The molecular formula is C15H17N3O3. The molecule has 110 valence electrons. The van der Waals surface area contributed by atoms with Crippen LogP contribution < -0.4 is 5.32 Å². The molecular weight excluding hydrogens is 270 g/mol. The van der Waals surface area contributed by atoms with Crippen LogP contribution in [-0.2, 0) is 20.8 Å². The van der Waals surface area contributed by atoms with Crippen molar-refractivity contribution in [3.63, 3.8) is 0 Å². The predicted octanol–water partition coefficient (Wildman–Crippen LogP) is 0.279. The van der Waals surface area contributed by atoms with Gasteiger partial charge >= 0.3 is 0 Å². The zero-order chi connectivity index (χ0) is 14.9. The van der Waals surface area contributed by atoms with E-state index in [4.69, 9.17) is 0 Å². The summed E-state index contributed by atoms with van der Waals surface area (Å²) in [5.41, 5.74) is 0.200. The van der Waals surface area contributed by atoms with Crippen molar-refractivity contribution in [2.24, 2.45) is 5.41 Å². The molecule has 1 unspecified atom stereocenters. The lowest BCUT2D eigenvalue weighted by atomic mass is 9.85. The maximum absolute atomic E-state index is 12.2. The Hall–Kier alpha value is -2.24. The van der Waals surface area contributed by atoms with Gasteiger partial charge in [-0.25, -0.2) is 0 Å². The van der Waals surface area contributed by atoms with E-state index < -0.39 is 5.41 Å². The first kappa shape index (κ1) is 13.7. The molecule has 1 aromatic heterocycles. The number of nitrogens with one attached hydrogen (secondary N) is 1. The first-order valence-electron chi connectivity index (χ1n) is 7.11. The van der Waals surface area contributed by atoms with Crippen molar-refractivity contribution < 1.29 is 14.4 Å². The van der Waals surface area contributed by atoms with Gasteiger partial charge in [0.1, 0.15) is 0 Å². The number of rotatable bonds is 3. The van der Waals surface area contributed by atoms with E-state index in [2.05, 4.69) is 10.3 Å². The number of amides is 3. The average Bonchev–Trinajstić information content (AvgIpc) is 3.02. The van der Waals surface area contributed by atoms with Crippen molar-refractivity contribution in [1.82, 2.24) is 15.2 Å². The van der Waals surface area contributed by atoms with Crippen molar-refractivity contribution in [3.05, 3.63) is 30.1 Å². The molecule has 2 aliphatic heterocycles. The Balaban J connectivity index is 1.58. The first-order valence-corrected chi connectivity index (χ1v) is 7.11. The summed E-state index contributed by atoms with van der Waals surface area (Å²) >= 11 is 0. The fourth-order valence-electron chi connectivity index (χ4n) is 3.05. The molecule has 1 N–H and O–H groups in total. The van der Waals surface area contributed by atoms with Crippen LogP contribution >= 0.6 is 0 Å². The molecule has 1 atom stereocenters. The van der Waals surface area contributed by atoms with Crippen molar-refractivity contribution in [1.29, 1.82) is 0 Å². The third-order valence-electron chi connectivity index (χ3n) is 4.26. The smallest absolute Gasteiger partial charge is 0.235 e. The lowest BCUT2D eigenvalue weighted by Gasteiger charge is -2.20. The Bertz CT molecular complexity index is 587. The molecule has 21 heavy (non-hydrogen) atoms. The predicted molar refractivity (Wildman–Crippen MR) is 74.0 cm³/mol. The highest BCUT2D eigenvalue weighted by Gasteiger charge is 2.51. The van der Waals surface area contributed by atoms with Gasteiger partial charge < -0.3 is 4.90 Å². The Labute approximate surface area is 122 Å². The monoisotopic (exact) mass is 287 g/mol. The van der Waals surface area contributed by atoms with Crippen LogP contribution in [0.2, 0.25) is 0 Å². The minimum absolute atomic E-state index is 0.0182. The quantitative estimate of drug-likeness (QED) is 0.810. The van der Waals surface area contributed by atoms with E-state index in [1.165, 1.54) is 0 Å². The largest absolute Gasteiger partial charge is 0.342 e. The third kappa shape index (κ3) is 2.66. The minimum Gasteiger partial charge on any atom is -0.342 e. The van der Waals surface area contributed by atoms with E-state index in [1.54, 1.807) is 11.1 Å². The molecule has 3 heterocycles. The molecule has 0 saturated carbocycles. The number of likely N-dealkylation sites (tertiary alicyclic amines) is 1. The molecule has 2 fully saturated rings. The second-order valence-corrected chi connectivity index (χ2v) is 5.72. The second kappa shape index (κ2) is 5.27. The maximum Gasteiger partial charge on any atom is 0.235 e. The summed E-state index contributed by atoms with van der Waals surface area (Å²) in [5.74, 6) is -0.444. The molecule has 2 saturated heterocycles. The van der Waals surface area contributed by atoms with Gasteiger partial charge in [-0.3, -0.25) is 24.7 Å². The summed E-state index contributed by atoms with van der Waals surface area (Å²) in [6.07, 6.45) is 3.45. The van der Waals surface area contributed by atoms with Gasteiger partial charge in [-0.15, -0.1) is 0 Å². The summed E-state index contributed by atoms with van der Waals surface area (Å²) in [6.45, 7) is 0.896.